The average Bonchev–Trinajstić information content (AvgIpc) is 2.69. The van der Waals surface area contributed by atoms with Gasteiger partial charge in [0, 0.05) is 11.6 Å². The number of hydrogen-bond donors (Lipinski definition) is 0. The lowest BCUT2D eigenvalue weighted by atomic mass is 9.73. The SMILES string of the molecule is CC1(C)c2ccccc2N(c2ncnc3ncccc23)c2ccccc21. The van der Waals surface area contributed by atoms with Crippen LogP contribution in [-0.4, -0.2) is 15.0 Å². The molecule has 5 rings (SSSR count). The van der Waals surface area contributed by atoms with Crippen molar-refractivity contribution in [2.75, 3.05) is 4.90 Å². The van der Waals surface area contributed by atoms with Gasteiger partial charge in [-0.05, 0) is 35.4 Å². The average molecular weight is 338 g/mol. The second-order valence-electron chi connectivity index (χ2n) is 7.07. The van der Waals surface area contributed by atoms with Crippen LogP contribution in [0.1, 0.15) is 25.0 Å². The van der Waals surface area contributed by atoms with Crippen LogP contribution in [0.4, 0.5) is 17.2 Å². The first-order valence-electron chi connectivity index (χ1n) is 8.73. The van der Waals surface area contributed by atoms with E-state index in [1.54, 1.807) is 12.5 Å². The summed E-state index contributed by atoms with van der Waals surface area (Å²) in [4.78, 5) is 15.6. The maximum atomic E-state index is 4.65. The summed E-state index contributed by atoms with van der Waals surface area (Å²) >= 11 is 0. The predicted octanol–water partition coefficient (Wildman–Crippen LogP) is 5.13. The summed E-state index contributed by atoms with van der Waals surface area (Å²) in [6.45, 7) is 4.56. The van der Waals surface area contributed by atoms with Gasteiger partial charge < -0.3 is 0 Å². The minimum absolute atomic E-state index is 0.0786. The lowest BCUT2D eigenvalue weighted by molar-refractivity contribution is 0.631. The number of anilines is 3. The number of rotatable bonds is 1. The number of para-hydroxylation sites is 2. The zero-order valence-corrected chi connectivity index (χ0v) is 14.7. The van der Waals surface area contributed by atoms with Gasteiger partial charge in [0.2, 0.25) is 0 Å². The van der Waals surface area contributed by atoms with Gasteiger partial charge in [-0.25, -0.2) is 15.0 Å². The van der Waals surface area contributed by atoms with Crippen molar-refractivity contribution in [3.8, 4) is 0 Å². The fraction of sp³-hybridized carbons (Fsp3) is 0.136. The summed E-state index contributed by atoms with van der Waals surface area (Å²) < 4.78 is 0. The summed E-state index contributed by atoms with van der Waals surface area (Å²) in [5.74, 6) is 0.860. The van der Waals surface area contributed by atoms with Gasteiger partial charge in [0.05, 0.1) is 16.8 Å². The number of aromatic nitrogens is 3. The van der Waals surface area contributed by atoms with Crippen molar-refractivity contribution in [1.82, 2.24) is 15.0 Å². The number of hydrogen-bond acceptors (Lipinski definition) is 4. The molecule has 0 unspecified atom stereocenters. The number of benzene rings is 2. The van der Waals surface area contributed by atoms with Crippen molar-refractivity contribution < 1.29 is 0 Å². The Kier molecular flexibility index (Phi) is 3.10. The van der Waals surface area contributed by atoms with Crippen LogP contribution in [0.5, 0.6) is 0 Å². The minimum atomic E-state index is -0.0786. The van der Waals surface area contributed by atoms with E-state index in [4.69, 9.17) is 0 Å². The Balaban J connectivity index is 1.88. The van der Waals surface area contributed by atoms with Gasteiger partial charge in [0.25, 0.3) is 0 Å². The van der Waals surface area contributed by atoms with Gasteiger partial charge in [-0.2, -0.15) is 0 Å². The van der Waals surface area contributed by atoms with Crippen molar-refractivity contribution in [3.63, 3.8) is 0 Å². The highest BCUT2D eigenvalue weighted by Gasteiger charge is 2.37. The molecular weight excluding hydrogens is 320 g/mol. The summed E-state index contributed by atoms with van der Waals surface area (Å²) in [5, 5.41) is 0.944. The largest absolute Gasteiger partial charge is 0.294 e. The molecule has 3 heterocycles. The highest BCUT2D eigenvalue weighted by molar-refractivity contribution is 5.95. The first-order chi connectivity index (χ1) is 12.7. The first kappa shape index (κ1) is 15.0. The molecule has 4 nitrogen and oxygen atoms in total. The standard InChI is InChI=1S/C22H18N4/c1-22(2)16-9-3-5-11-18(16)26(19-12-6-4-10-17(19)22)21-15-8-7-13-23-20(15)24-14-25-21/h3-14H,1-2H3. The topological polar surface area (TPSA) is 41.9 Å². The van der Waals surface area contributed by atoms with Crippen LogP contribution >= 0.6 is 0 Å². The van der Waals surface area contributed by atoms with Crippen LogP contribution in [0.3, 0.4) is 0 Å². The number of pyridine rings is 1. The zero-order valence-electron chi connectivity index (χ0n) is 14.7. The third kappa shape index (κ3) is 1.99. The maximum absolute atomic E-state index is 4.65. The zero-order chi connectivity index (χ0) is 17.7. The molecule has 0 aliphatic carbocycles. The van der Waals surface area contributed by atoms with Gasteiger partial charge in [-0.1, -0.05) is 50.2 Å². The molecule has 0 saturated carbocycles. The van der Waals surface area contributed by atoms with Crippen molar-refractivity contribution in [2.24, 2.45) is 0 Å². The quantitative estimate of drug-likeness (QED) is 0.482. The highest BCUT2D eigenvalue weighted by atomic mass is 15.2. The second-order valence-corrected chi connectivity index (χ2v) is 7.07. The molecule has 126 valence electrons. The summed E-state index contributed by atoms with van der Waals surface area (Å²) in [6, 6.07) is 21.1. The van der Waals surface area contributed by atoms with Crippen molar-refractivity contribution in [1.29, 1.82) is 0 Å². The Morgan fingerprint density at radius 1 is 0.731 bits per heavy atom. The van der Waals surface area contributed by atoms with Gasteiger partial charge in [0.15, 0.2) is 11.5 Å². The first-order valence-corrected chi connectivity index (χ1v) is 8.73. The predicted molar refractivity (Wildman–Crippen MR) is 104 cm³/mol. The molecule has 1 aliphatic rings. The molecule has 0 atom stereocenters. The molecule has 0 amide bonds. The molecule has 0 radical (unpaired) electrons. The lowest BCUT2D eigenvalue weighted by Crippen LogP contribution is -2.31. The van der Waals surface area contributed by atoms with E-state index < -0.39 is 0 Å². The monoisotopic (exact) mass is 338 g/mol. The van der Waals surface area contributed by atoms with Crippen LogP contribution in [-0.2, 0) is 5.41 Å². The molecule has 4 heteroatoms. The van der Waals surface area contributed by atoms with Gasteiger partial charge in [-0.3, -0.25) is 4.90 Å². The molecule has 0 bridgehead atoms. The summed E-state index contributed by atoms with van der Waals surface area (Å²) in [7, 11) is 0. The Labute approximate surface area is 152 Å². The highest BCUT2D eigenvalue weighted by Crippen LogP contribution is 2.51. The Morgan fingerprint density at radius 2 is 1.38 bits per heavy atom. The van der Waals surface area contributed by atoms with E-state index in [1.165, 1.54) is 11.1 Å². The van der Waals surface area contributed by atoms with E-state index in [2.05, 4.69) is 82.2 Å². The third-order valence-electron chi connectivity index (χ3n) is 5.24. The van der Waals surface area contributed by atoms with Crippen LogP contribution in [0.15, 0.2) is 73.2 Å². The van der Waals surface area contributed by atoms with Gasteiger partial charge in [0.1, 0.15) is 6.33 Å². The smallest absolute Gasteiger partial charge is 0.164 e. The molecular formula is C22H18N4. The van der Waals surface area contributed by atoms with Crippen LogP contribution in [0.25, 0.3) is 11.0 Å². The van der Waals surface area contributed by atoms with E-state index in [1.807, 2.05) is 12.1 Å². The molecule has 0 N–H and O–H groups in total. The maximum Gasteiger partial charge on any atom is 0.164 e. The molecule has 0 spiro atoms. The van der Waals surface area contributed by atoms with Crippen LogP contribution < -0.4 is 4.90 Å². The summed E-state index contributed by atoms with van der Waals surface area (Å²) in [6.07, 6.45) is 3.36. The van der Waals surface area contributed by atoms with Gasteiger partial charge >= 0.3 is 0 Å². The number of fused-ring (bicyclic) bond motifs is 3. The lowest BCUT2D eigenvalue weighted by Gasteiger charge is -2.41. The number of nitrogens with zero attached hydrogens (tertiary/aromatic N) is 4. The van der Waals surface area contributed by atoms with E-state index in [0.29, 0.717) is 5.65 Å². The van der Waals surface area contributed by atoms with E-state index in [0.717, 1.165) is 22.6 Å². The molecule has 0 saturated heterocycles. The fourth-order valence-corrected chi connectivity index (χ4v) is 3.96. The minimum Gasteiger partial charge on any atom is -0.294 e. The molecule has 1 aliphatic heterocycles. The molecule has 4 aromatic rings. The summed E-state index contributed by atoms with van der Waals surface area (Å²) in [5.41, 5.74) is 5.51. The van der Waals surface area contributed by atoms with E-state index in [9.17, 15) is 0 Å². The normalized spacial score (nSPS) is 14.8. The Bertz CT molecular complexity index is 1080. The van der Waals surface area contributed by atoms with E-state index in [-0.39, 0.29) is 5.41 Å². The van der Waals surface area contributed by atoms with E-state index >= 15 is 0 Å². The van der Waals surface area contributed by atoms with Crippen LogP contribution in [0, 0.1) is 0 Å². The molecule has 2 aromatic heterocycles. The van der Waals surface area contributed by atoms with Crippen molar-refractivity contribution >= 4 is 28.2 Å². The third-order valence-corrected chi connectivity index (χ3v) is 5.24. The molecule has 2 aromatic carbocycles. The van der Waals surface area contributed by atoms with Crippen molar-refractivity contribution in [2.45, 2.75) is 19.3 Å². The Morgan fingerprint density at radius 3 is 2.08 bits per heavy atom. The second kappa shape index (κ2) is 5.36. The van der Waals surface area contributed by atoms with Crippen molar-refractivity contribution in [3.05, 3.63) is 84.3 Å². The molecule has 0 fully saturated rings. The molecule has 26 heavy (non-hydrogen) atoms. The Hall–Kier alpha value is -3.27. The van der Waals surface area contributed by atoms with Gasteiger partial charge in [-0.15, -0.1) is 0 Å². The fourth-order valence-electron chi connectivity index (χ4n) is 3.96. The van der Waals surface area contributed by atoms with Crippen LogP contribution in [0.2, 0.25) is 0 Å².